The van der Waals surface area contributed by atoms with Crippen molar-refractivity contribution in [2.45, 2.75) is 25.1 Å². The van der Waals surface area contributed by atoms with Crippen LogP contribution in [0.2, 0.25) is 0 Å². The summed E-state index contributed by atoms with van der Waals surface area (Å²) in [6.07, 6.45) is 0. The summed E-state index contributed by atoms with van der Waals surface area (Å²) < 4.78 is 0. The van der Waals surface area contributed by atoms with Gasteiger partial charge in [0.15, 0.2) is 0 Å². The number of hydrogen-bond acceptors (Lipinski definition) is 3. The van der Waals surface area contributed by atoms with Crippen molar-refractivity contribution in [1.29, 1.82) is 0 Å². The number of nitrogens with two attached hydrogens (primary N) is 1. The van der Waals surface area contributed by atoms with Crippen LogP contribution in [-0.2, 0) is 5.75 Å². The average Bonchev–Trinajstić information content (AvgIpc) is 2.36. The summed E-state index contributed by atoms with van der Waals surface area (Å²) in [5.74, 6) is 2.11. The van der Waals surface area contributed by atoms with Gasteiger partial charge in [-0.05, 0) is 25.3 Å². The van der Waals surface area contributed by atoms with Crippen LogP contribution in [-0.4, -0.2) is 11.3 Å². The van der Waals surface area contributed by atoms with E-state index in [0.717, 1.165) is 11.5 Å². The van der Waals surface area contributed by atoms with Crippen LogP contribution in [0.15, 0.2) is 17.5 Å². The Morgan fingerprint density at radius 1 is 1.58 bits per heavy atom. The van der Waals surface area contributed by atoms with Crippen LogP contribution in [0.5, 0.6) is 0 Å². The zero-order valence-electron chi connectivity index (χ0n) is 7.54. The SMILES string of the molecule is CC(C)(N)CSCc1cccs1. The molecule has 0 aliphatic carbocycles. The van der Waals surface area contributed by atoms with Crippen molar-refractivity contribution in [3.05, 3.63) is 22.4 Å². The molecule has 0 unspecified atom stereocenters. The second-order valence-corrected chi connectivity index (χ2v) is 5.58. The summed E-state index contributed by atoms with van der Waals surface area (Å²) in [6.45, 7) is 4.13. The van der Waals surface area contributed by atoms with Crippen molar-refractivity contribution < 1.29 is 0 Å². The molecule has 0 saturated carbocycles. The monoisotopic (exact) mass is 201 g/mol. The maximum Gasteiger partial charge on any atom is 0.0279 e. The maximum atomic E-state index is 5.86. The minimum Gasteiger partial charge on any atom is -0.325 e. The molecule has 2 N–H and O–H groups in total. The largest absolute Gasteiger partial charge is 0.325 e. The molecule has 1 nitrogen and oxygen atoms in total. The first-order valence-corrected chi connectivity index (χ1v) is 6.00. The lowest BCUT2D eigenvalue weighted by molar-refractivity contribution is 0.591. The van der Waals surface area contributed by atoms with Crippen molar-refractivity contribution >= 4 is 23.1 Å². The lowest BCUT2D eigenvalue weighted by atomic mass is 10.1. The van der Waals surface area contributed by atoms with Gasteiger partial charge in [0.1, 0.15) is 0 Å². The van der Waals surface area contributed by atoms with Crippen LogP contribution in [0.3, 0.4) is 0 Å². The third-order valence-corrected chi connectivity index (χ3v) is 3.82. The lowest BCUT2D eigenvalue weighted by Gasteiger charge is -2.16. The Balaban J connectivity index is 2.20. The van der Waals surface area contributed by atoms with Crippen molar-refractivity contribution in [3.63, 3.8) is 0 Å². The zero-order chi connectivity index (χ0) is 9.03. The topological polar surface area (TPSA) is 26.0 Å². The molecule has 0 amide bonds. The zero-order valence-corrected chi connectivity index (χ0v) is 9.17. The Kier molecular flexibility index (Phi) is 3.62. The molecule has 0 aromatic carbocycles. The van der Waals surface area contributed by atoms with Crippen LogP contribution in [0, 0.1) is 0 Å². The highest BCUT2D eigenvalue weighted by Gasteiger charge is 2.09. The van der Waals surface area contributed by atoms with E-state index in [1.165, 1.54) is 4.88 Å². The van der Waals surface area contributed by atoms with E-state index in [9.17, 15) is 0 Å². The van der Waals surface area contributed by atoms with Gasteiger partial charge in [0.25, 0.3) is 0 Å². The summed E-state index contributed by atoms with van der Waals surface area (Å²) in [5, 5.41) is 2.11. The third kappa shape index (κ3) is 4.14. The maximum absolute atomic E-state index is 5.86. The van der Waals surface area contributed by atoms with E-state index in [1.54, 1.807) is 0 Å². The van der Waals surface area contributed by atoms with E-state index in [1.807, 2.05) is 23.1 Å². The fourth-order valence-electron chi connectivity index (χ4n) is 0.809. The third-order valence-electron chi connectivity index (χ3n) is 1.30. The van der Waals surface area contributed by atoms with Crippen molar-refractivity contribution in [2.75, 3.05) is 5.75 Å². The Hall–Kier alpha value is 0.01000. The average molecular weight is 201 g/mol. The molecule has 1 aromatic rings. The summed E-state index contributed by atoms with van der Waals surface area (Å²) in [7, 11) is 0. The molecule has 0 bridgehead atoms. The number of rotatable bonds is 4. The van der Waals surface area contributed by atoms with Gasteiger partial charge in [-0.1, -0.05) is 6.07 Å². The Morgan fingerprint density at radius 2 is 2.33 bits per heavy atom. The molecule has 12 heavy (non-hydrogen) atoms. The number of thiophene rings is 1. The van der Waals surface area contributed by atoms with Gasteiger partial charge in [-0.3, -0.25) is 0 Å². The van der Waals surface area contributed by atoms with Gasteiger partial charge in [-0.25, -0.2) is 0 Å². The van der Waals surface area contributed by atoms with Crippen molar-refractivity contribution in [2.24, 2.45) is 5.73 Å². The van der Waals surface area contributed by atoms with Crippen LogP contribution < -0.4 is 5.73 Å². The number of hydrogen-bond donors (Lipinski definition) is 1. The van der Waals surface area contributed by atoms with E-state index in [4.69, 9.17) is 5.73 Å². The molecule has 3 heteroatoms. The molecule has 68 valence electrons. The fourth-order valence-corrected chi connectivity index (χ4v) is 2.75. The molecule has 0 spiro atoms. The van der Waals surface area contributed by atoms with E-state index in [0.29, 0.717) is 0 Å². The van der Waals surface area contributed by atoms with E-state index >= 15 is 0 Å². The summed E-state index contributed by atoms with van der Waals surface area (Å²) >= 11 is 3.72. The Labute approximate surface area is 82.4 Å². The summed E-state index contributed by atoms with van der Waals surface area (Å²) in [5.41, 5.74) is 5.82. The summed E-state index contributed by atoms with van der Waals surface area (Å²) in [4.78, 5) is 1.43. The van der Waals surface area contributed by atoms with Gasteiger partial charge < -0.3 is 5.73 Å². The molecule has 1 rings (SSSR count). The van der Waals surface area contributed by atoms with Gasteiger partial charge in [0, 0.05) is 21.9 Å². The Morgan fingerprint density at radius 3 is 2.83 bits per heavy atom. The lowest BCUT2D eigenvalue weighted by Crippen LogP contribution is -2.34. The molecule has 1 heterocycles. The van der Waals surface area contributed by atoms with Gasteiger partial charge in [0.05, 0.1) is 0 Å². The minimum atomic E-state index is -0.0398. The molecule has 0 saturated heterocycles. The van der Waals surface area contributed by atoms with Crippen LogP contribution in [0.1, 0.15) is 18.7 Å². The smallest absolute Gasteiger partial charge is 0.0279 e. The molecule has 0 atom stereocenters. The van der Waals surface area contributed by atoms with Gasteiger partial charge in [-0.2, -0.15) is 11.8 Å². The van der Waals surface area contributed by atoms with E-state index < -0.39 is 0 Å². The predicted octanol–water partition coefficient (Wildman–Crippen LogP) is 2.72. The highest BCUT2D eigenvalue weighted by molar-refractivity contribution is 7.98. The summed E-state index contributed by atoms with van der Waals surface area (Å²) in [6, 6.07) is 4.26. The van der Waals surface area contributed by atoms with Crippen molar-refractivity contribution in [1.82, 2.24) is 0 Å². The molecule has 1 aromatic heterocycles. The normalized spacial score (nSPS) is 11.9. The second kappa shape index (κ2) is 4.30. The van der Waals surface area contributed by atoms with Crippen LogP contribution in [0.4, 0.5) is 0 Å². The second-order valence-electron chi connectivity index (χ2n) is 3.56. The molecule has 0 aliphatic heterocycles. The quantitative estimate of drug-likeness (QED) is 0.810. The first-order valence-electron chi connectivity index (χ1n) is 3.97. The first kappa shape index (κ1) is 10.1. The van der Waals surface area contributed by atoms with Gasteiger partial charge >= 0.3 is 0 Å². The molecule has 0 radical (unpaired) electrons. The minimum absolute atomic E-state index is 0.0398. The van der Waals surface area contributed by atoms with Crippen LogP contribution in [0.25, 0.3) is 0 Å². The highest BCUT2D eigenvalue weighted by atomic mass is 32.2. The fraction of sp³-hybridized carbons (Fsp3) is 0.556. The highest BCUT2D eigenvalue weighted by Crippen LogP contribution is 2.19. The van der Waals surface area contributed by atoms with Gasteiger partial charge in [0.2, 0.25) is 0 Å². The van der Waals surface area contributed by atoms with E-state index in [2.05, 4.69) is 31.4 Å². The first-order chi connectivity index (χ1) is 5.58. The molecule has 0 aliphatic rings. The Bertz CT molecular complexity index is 211. The van der Waals surface area contributed by atoms with E-state index in [-0.39, 0.29) is 5.54 Å². The van der Waals surface area contributed by atoms with Crippen LogP contribution >= 0.6 is 23.1 Å². The molecule has 0 fully saturated rings. The predicted molar refractivity (Wildman–Crippen MR) is 58.7 cm³/mol. The molecular formula is C9H15NS2. The van der Waals surface area contributed by atoms with Gasteiger partial charge in [-0.15, -0.1) is 11.3 Å². The number of thioether (sulfide) groups is 1. The standard InChI is InChI=1S/C9H15NS2/c1-9(2,10)7-11-6-8-4-3-5-12-8/h3-5H,6-7,10H2,1-2H3. The van der Waals surface area contributed by atoms with Crippen molar-refractivity contribution in [3.8, 4) is 0 Å². The molecular weight excluding hydrogens is 186 g/mol.